The Hall–Kier alpha value is -2.68. The van der Waals surface area contributed by atoms with Crippen molar-refractivity contribution in [1.82, 2.24) is 0 Å². The number of benzene rings is 2. The van der Waals surface area contributed by atoms with Crippen LogP contribution in [0, 0.1) is 5.92 Å². The van der Waals surface area contributed by atoms with Crippen LogP contribution in [0.25, 0.3) is 0 Å². The first-order valence-corrected chi connectivity index (χ1v) is 7.63. The van der Waals surface area contributed by atoms with Gasteiger partial charge in [0, 0.05) is 24.0 Å². The summed E-state index contributed by atoms with van der Waals surface area (Å²) in [4.78, 5) is 25.5. The third-order valence-corrected chi connectivity index (χ3v) is 4.26. The van der Waals surface area contributed by atoms with Crippen molar-refractivity contribution in [2.45, 2.75) is 12.3 Å². The molecule has 116 valence electrons. The van der Waals surface area contributed by atoms with E-state index in [0.717, 1.165) is 5.56 Å². The molecule has 0 aliphatic heterocycles. The molecule has 3 rings (SSSR count). The molecule has 2 aromatic carbocycles. The first-order valence-electron chi connectivity index (χ1n) is 7.63. The zero-order chi connectivity index (χ0) is 16.2. The van der Waals surface area contributed by atoms with Gasteiger partial charge in [-0.05, 0) is 5.56 Å². The van der Waals surface area contributed by atoms with E-state index in [2.05, 4.69) is 0 Å². The van der Waals surface area contributed by atoms with Gasteiger partial charge in [-0.15, -0.1) is 0 Å². The highest BCUT2D eigenvalue weighted by molar-refractivity contribution is 6.15. The maximum absolute atomic E-state index is 12.9. The molecule has 0 heterocycles. The van der Waals surface area contributed by atoms with Crippen molar-refractivity contribution in [2.75, 3.05) is 7.11 Å². The van der Waals surface area contributed by atoms with Crippen molar-refractivity contribution in [1.29, 1.82) is 0 Å². The average molecular weight is 306 g/mol. The van der Waals surface area contributed by atoms with Crippen molar-refractivity contribution in [3.05, 3.63) is 83.6 Å². The summed E-state index contributed by atoms with van der Waals surface area (Å²) >= 11 is 0. The second-order valence-electron chi connectivity index (χ2n) is 5.65. The zero-order valence-corrected chi connectivity index (χ0v) is 12.9. The topological polar surface area (TPSA) is 43.4 Å². The summed E-state index contributed by atoms with van der Waals surface area (Å²) in [5.41, 5.74) is 1.55. The van der Waals surface area contributed by atoms with Crippen LogP contribution < -0.4 is 0 Å². The van der Waals surface area contributed by atoms with Crippen molar-refractivity contribution in [3.63, 3.8) is 0 Å². The van der Waals surface area contributed by atoms with Crippen molar-refractivity contribution < 1.29 is 14.3 Å². The van der Waals surface area contributed by atoms with E-state index in [-0.39, 0.29) is 17.5 Å². The molecule has 0 N–H and O–H groups in total. The number of rotatable bonds is 4. The summed E-state index contributed by atoms with van der Waals surface area (Å²) in [6.45, 7) is 0. The van der Waals surface area contributed by atoms with Gasteiger partial charge in [0.1, 0.15) is 0 Å². The first kappa shape index (κ1) is 15.2. The maximum atomic E-state index is 12.9. The predicted molar refractivity (Wildman–Crippen MR) is 88.2 cm³/mol. The van der Waals surface area contributed by atoms with Gasteiger partial charge in [0.05, 0.1) is 18.8 Å². The Morgan fingerprint density at radius 3 is 2.22 bits per heavy atom. The summed E-state index contributed by atoms with van der Waals surface area (Å²) in [7, 11) is 1.56. The highest BCUT2D eigenvalue weighted by atomic mass is 16.5. The van der Waals surface area contributed by atoms with Crippen molar-refractivity contribution in [3.8, 4) is 0 Å². The minimum absolute atomic E-state index is 0.129. The molecule has 2 aromatic rings. The van der Waals surface area contributed by atoms with Crippen LogP contribution in [0.1, 0.15) is 28.3 Å². The van der Waals surface area contributed by atoms with Gasteiger partial charge in [-0.25, -0.2) is 0 Å². The number of carbonyl (C=O) groups is 2. The molecule has 0 spiro atoms. The van der Waals surface area contributed by atoms with E-state index in [9.17, 15) is 9.59 Å². The fraction of sp³-hybridized carbons (Fsp3) is 0.200. The van der Waals surface area contributed by atoms with Gasteiger partial charge in [-0.3, -0.25) is 9.59 Å². The molecule has 0 aromatic heterocycles. The summed E-state index contributed by atoms with van der Waals surface area (Å²) in [6.07, 6.45) is 2.01. The third-order valence-electron chi connectivity index (χ3n) is 4.26. The molecule has 0 amide bonds. The molecule has 0 radical (unpaired) electrons. The monoisotopic (exact) mass is 306 g/mol. The summed E-state index contributed by atoms with van der Waals surface area (Å²) in [6, 6.07) is 18.7. The summed E-state index contributed by atoms with van der Waals surface area (Å²) in [5.74, 6) is -0.581. The zero-order valence-electron chi connectivity index (χ0n) is 12.9. The molecular formula is C20H18O3. The number of ketones is 2. The molecule has 1 aliphatic rings. The van der Waals surface area contributed by atoms with Crippen LogP contribution in [0.4, 0.5) is 0 Å². The Bertz CT molecular complexity index is 732. The van der Waals surface area contributed by atoms with Crippen LogP contribution in [0.3, 0.4) is 0 Å². The smallest absolute Gasteiger partial charge is 0.174 e. The highest BCUT2D eigenvalue weighted by Gasteiger charge is 2.39. The molecular weight excluding hydrogens is 288 g/mol. The van der Waals surface area contributed by atoms with E-state index in [1.54, 1.807) is 19.2 Å². The van der Waals surface area contributed by atoms with Crippen LogP contribution in [0.15, 0.2) is 72.5 Å². The lowest BCUT2D eigenvalue weighted by Crippen LogP contribution is -2.33. The van der Waals surface area contributed by atoms with Crippen molar-refractivity contribution in [2.24, 2.45) is 5.92 Å². The number of ether oxygens (including phenoxy) is 1. The Morgan fingerprint density at radius 1 is 1.00 bits per heavy atom. The lowest BCUT2D eigenvalue weighted by atomic mass is 9.73. The number of hydrogen-bond donors (Lipinski definition) is 0. The number of methoxy groups -OCH3 is 1. The highest BCUT2D eigenvalue weighted by Crippen LogP contribution is 2.37. The molecule has 0 bridgehead atoms. The molecule has 3 heteroatoms. The van der Waals surface area contributed by atoms with Gasteiger partial charge < -0.3 is 4.74 Å². The summed E-state index contributed by atoms with van der Waals surface area (Å²) < 4.78 is 5.28. The molecule has 23 heavy (non-hydrogen) atoms. The average Bonchev–Trinajstić information content (AvgIpc) is 2.62. The lowest BCUT2D eigenvalue weighted by molar-refractivity contribution is -0.118. The summed E-state index contributed by atoms with van der Waals surface area (Å²) in [5, 5.41) is 0. The predicted octanol–water partition coefficient (Wildman–Crippen LogP) is 3.77. The quantitative estimate of drug-likeness (QED) is 0.638. The fourth-order valence-corrected chi connectivity index (χ4v) is 3.09. The standard InChI is InChI=1S/C20H18O3/c1-23-16-12-17(14-8-4-2-5-9-14)19(18(21)13-16)20(22)15-10-6-3-7-11-15/h2-11,13,17,19H,12H2,1H3. The Labute approximate surface area is 135 Å². The Morgan fingerprint density at radius 2 is 1.61 bits per heavy atom. The normalized spacial score (nSPS) is 20.7. The van der Waals surface area contributed by atoms with E-state index >= 15 is 0 Å². The second-order valence-corrected chi connectivity index (χ2v) is 5.65. The maximum Gasteiger partial charge on any atom is 0.174 e. The largest absolute Gasteiger partial charge is 0.501 e. The SMILES string of the molecule is COC1=CC(=O)C(C(=O)c2ccccc2)C(c2ccccc2)C1. The van der Waals surface area contributed by atoms with Gasteiger partial charge in [0.2, 0.25) is 0 Å². The lowest BCUT2D eigenvalue weighted by Gasteiger charge is -2.29. The molecule has 2 unspecified atom stereocenters. The fourth-order valence-electron chi connectivity index (χ4n) is 3.09. The van der Waals surface area contributed by atoms with Crippen LogP contribution >= 0.6 is 0 Å². The van der Waals surface area contributed by atoms with Crippen LogP contribution in [0.2, 0.25) is 0 Å². The molecule has 0 fully saturated rings. The molecule has 0 saturated heterocycles. The Kier molecular flexibility index (Phi) is 4.38. The number of hydrogen-bond acceptors (Lipinski definition) is 3. The molecule has 1 aliphatic carbocycles. The second kappa shape index (κ2) is 6.61. The van der Waals surface area contributed by atoms with Gasteiger partial charge in [0.25, 0.3) is 0 Å². The van der Waals surface area contributed by atoms with Crippen LogP contribution in [0.5, 0.6) is 0 Å². The first-order chi connectivity index (χ1) is 11.2. The molecule has 2 atom stereocenters. The van der Waals surface area contributed by atoms with Crippen LogP contribution in [-0.4, -0.2) is 18.7 Å². The van der Waals surface area contributed by atoms with E-state index in [1.807, 2.05) is 48.5 Å². The Balaban J connectivity index is 2.02. The van der Waals surface area contributed by atoms with Crippen molar-refractivity contribution >= 4 is 11.6 Å². The van der Waals surface area contributed by atoms with Gasteiger partial charge in [0.15, 0.2) is 11.6 Å². The number of allylic oxidation sites excluding steroid dienone is 2. The third kappa shape index (κ3) is 3.09. The molecule has 3 nitrogen and oxygen atoms in total. The van der Waals surface area contributed by atoms with E-state index in [4.69, 9.17) is 4.74 Å². The van der Waals surface area contributed by atoms with E-state index in [1.165, 1.54) is 6.08 Å². The van der Waals surface area contributed by atoms with Gasteiger partial charge in [-0.1, -0.05) is 60.7 Å². The number of carbonyl (C=O) groups excluding carboxylic acids is 2. The van der Waals surface area contributed by atoms with Gasteiger partial charge >= 0.3 is 0 Å². The van der Waals surface area contributed by atoms with Crippen LogP contribution in [-0.2, 0) is 9.53 Å². The van der Waals surface area contributed by atoms with E-state index < -0.39 is 5.92 Å². The molecule has 0 saturated carbocycles. The minimum Gasteiger partial charge on any atom is -0.501 e. The number of Topliss-reactive ketones (excluding diaryl/α,β-unsaturated/α-hetero) is 1. The minimum atomic E-state index is -0.696. The van der Waals surface area contributed by atoms with E-state index in [0.29, 0.717) is 17.7 Å². The van der Waals surface area contributed by atoms with Gasteiger partial charge in [-0.2, -0.15) is 0 Å².